The molecular formula is C41H41N3O5S. The molecule has 256 valence electrons. The molecule has 6 rings (SSSR count). The summed E-state index contributed by atoms with van der Waals surface area (Å²) < 4.78 is 13.7. The summed E-state index contributed by atoms with van der Waals surface area (Å²) in [7, 11) is 0. The number of aliphatic hydroxyl groups excluding tert-OH is 1. The maximum Gasteiger partial charge on any atom is 0.319 e. The number of hydrogen-bond donors (Lipinski definition) is 4. The van der Waals surface area contributed by atoms with Gasteiger partial charge in [-0.05, 0) is 59.9 Å². The Labute approximate surface area is 297 Å². The number of Topliss-reactive ketones (excluding diaryl/α,β-unsaturated/α-hetero) is 1. The third-order valence-electron chi connectivity index (χ3n) is 8.79. The van der Waals surface area contributed by atoms with Gasteiger partial charge in [-0.2, -0.15) is 0 Å². The molecular weight excluding hydrogens is 647 g/mol. The lowest BCUT2D eigenvalue weighted by Crippen LogP contribution is -2.43. The van der Waals surface area contributed by atoms with Crippen LogP contribution in [-0.2, 0) is 27.3 Å². The molecule has 1 aliphatic heterocycles. The summed E-state index contributed by atoms with van der Waals surface area (Å²) in [6.45, 7) is 1.42. The van der Waals surface area contributed by atoms with Gasteiger partial charge in [0.1, 0.15) is 0 Å². The molecule has 1 saturated heterocycles. The number of ketones is 1. The first-order valence-corrected chi connectivity index (χ1v) is 17.6. The highest BCUT2D eigenvalue weighted by molar-refractivity contribution is 7.99. The van der Waals surface area contributed by atoms with Crippen LogP contribution in [-0.4, -0.2) is 34.8 Å². The number of thioether (sulfide) groups is 1. The van der Waals surface area contributed by atoms with Crippen molar-refractivity contribution in [1.29, 1.82) is 0 Å². The summed E-state index contributed by atoms with van der Waals surface area (Å²) in [5, 5.41) is 15.4. The summed E-state index contributed by atoms with van der Waals surface area (Å²) >= 11 is 1.64. The molecule has 5 aromatic carbocycles. The van der Waals surface area contributed by atoms with Gasteiger partial charge in [-0.15, -0.1) is 11.8 Å². The fourth-order valence-electron chi connectivity index (χ4n) is 6.17. The van der Waals surface area contributed by atoms with Crippen LogP contribution < -0.4 is 16.4 Å². The lowest BCUT2D eigenvalue weighted by molar-refractivity contribution is -0.255. The number of carbonyl (C=O) groups is 2. The highest BCUT2D eigenvalue weighted by atomic mass is 32.2. The van der Waals surface area contributed by atoms with Crippen molar-refractivity contribution < 1.29 is 24.2 Å². The fourth-order valence-corrected chi connectivity index (χ4v) is 7.21. The summed E-state index contributed by atoms with van der Waals surface area (Å²) in [6, 6.07) is 41.6. The Balaban J connectivity index is 1.27. The van der Waals surface area contributed by atoms with Crippen LogP contribution in [0, 0.1) is 0 Å². The van der Waals surface area contributed by atoms with Crippen LogP contribution in [0.15, 0.2) is 138 Å². The van der Waals surface area contributed by atoms with Gasteiger partial charge in [-0.1, -0.05) is 109 Å². The molecule has 5 aromatic rings. The zero-order valence-electron chi connectivity index (χ0n) is 27.8. The lowest BCUT2D eigenvalue weighted by Gasteiger charge is -2.43. The predicted octanol–water partition coefficient (Wildman–Crippen LogP) is 7.81. The third kappa shape index (κ3) is 8.80. The van der Waals surface area contributed by atoms with Crippen LogP contribution in [0.3, 0.4) is 0 Å². The van der Waals surface area contributed by atoms with Gasteiger partial charge in [0.2, 0.25) is 0 Å². The number of urea groups is 1. The molecule has 1 fully saturated rings. The van der Waals surface area contributed by atoms with E-state index in [-0.39, 0.29) is 24.4 Å². The molecule has 0 aromatic heterocycles. The van der Waals surface area contributed by atoms with Crippen molar-refractivity contribution in [3.63, 3.8) is 0 Å². The van der Waals surface area contributed by atoms with E-state index in [4.69, 9.17) is 15.2 Å². The van der Waals surface area contributed by atoms with Gasteiger partial charge < -0.3 is 30.9 Å². The fraction of sp³-hybridized carbons (Fsp3) is 0.220. The normalized spacial score (nSPS) is 19.3. The van der Waals surface area contributed by atoms with Gasteiger partial charge in [-0.3, -0.25) is 4.79 Å². The van der Waals surface area contributed by atoms with Gasteiger partial charge in [-0.25, -0.2) is 4.79 Å². The van der Waals surface area contributed by atoms with Crippen LogP contribution in [0.4, 0.5) is 16.2 Å². The summed E-state index contributed by atoms with van der Waals surface area (Å²) in [5.74, 6) is 0.312. The molecule has 8 nitrogen and oxygen atoms in total. The van der Waals surface area contributed by atoms with E-state index in [0.717, 1.165) is 32.7 Å². The Morgan fingerprint density at radius 3 is 2.16 bits per heavy atom. The molecule has 0 radical (unpaired) electrons. The number of hydrogen-bond acceptors (Lipinski definition) is 7. The minimum Gasteiger partial charge on any atom is -0.398 e. The molecule has 1 aliphatic rings. The largest absolute Gasteiger partial charge is 0.398 e. The number of para-hydroxylation sites is 1. The smallest absolute Gasteiger partial charge is 0.319 e. The number of aliphatic hydroxyl groups is 1. The van der Waals surface area contributed by atoms with Gasteiger partial charge >= 0.3 is 6.03 Å². The quantitative estimate of drug-likeness (QED) is 0.0780. The minimum atomic E-state index is -0.760. The van der Waals surface area contributed by atoms with E-state index in [1.54, 1.807) is 17.8 Å². The SMILES string of the molecule is CC(=O)C(Cc1ccccc1)NC(=O)Nc1cccc(C2OC(CSc3ccccc3N)C(c3ccccc3)C(c3ccc(CO)cc3)O2)c1. The minimum absolute atomic E-state index is 0.0514. The molecule has 5 unspecified atom stereocenters. The lowest BCUT2D eigenvalue weighted by atomic mass is 9.84. The van der Waals surface area contributed by atoms with Crippen molar-refractivity contribution in [1.82, 2.24) is 5.32 Å². The van der Waals surface area contributed by atoms with Crippen molar-refractivity contribution >= 4 is 35.0 Å². The van der Waals surface area contributed by atoms with Crippen LogP contribution in [0.2, 0.25) is 0 Å². The molecule has 2 amide bonds. The highest BCUT2D eigenvalue weighted by Gasteiger charge is 2.42. The number of ether oxygens (including phenoxy) is 2. The molecule has 50 heavy (non-hydrogen) atoms. The Morgan fingerprint density at radius 2 is 1.46 bits per heavy atom. The standard InChI is InChI=1S/C41H41N3O5S/c1-27(46)35(23-28-11-4-2-5-12-28)44-41(47)43-33-16-10-15-32(24-33)40-48-36(26-50-37-18-9-8-17-34(37)42)38(30-13-6-3-7-14-30)39(49-40)31-21-19-29(25-45)20-22-31/h2-22,24,35-36,38-40,45H,23,25-26,42H2,1H3,(H2,43,44,47). The molecule has 5 N–H and O–H groups in total. The van der Waals surface area contributed by atoms with Crippen LogP contribution in [0.1, 0.15) is 53.1 Å². The first-order chi connectivity index (χ1) is 24.4. The highest BCUT2D eigenvalue weighted by Crippen LogP contribution is 2.48. The van der Waals surface area contributed by atoms with E-state index in [2.05, 4.69) is 22.8 Å². The molecule has 0 aliphatic carbocycles. The van der Waals surface area contributed by atoms with E-state index < -0.39 is 24.5 Å². The summed E-state index contributed by atoms with van der Waals surface area (Å²) in [4.78, 5) is 26.5. The van der Waals surface area contributed by atoms with E-state index in [0.29, 0.717) is 23.5 Å². The third-order valence-corrected chi connectivity index (χ3v) is 9.97. The molecule has 0 spiro atoms. The Morgan fingerprint density at radius 1 is 0.780 bits per heavy atom. The number of rotatable bonds is 12. The summed E-state index contributed by atoms with van der Waals surface area (Å²) in [6.07, 6.45) is -1.05. The maximum atomic E-state index is 13.1. The second-order valence-corrected chi connectivity index (χ2v) is 13.4. The number of anilines is 2. The van der Waals surface area contributed by atoms with Crippen LogP contribution in [0.25, 0.3) is 0 Å². The van der Waals surface area contributed by atoms with Crippen molar-refractivity contribution in [3.05, 3.63) is 161 Å². The Kier molecular flexibility index (Phi) is 11.6. The second-order valence-electron chi connectivity index (χ2n) is 12.3. The van der Waals surface area contributed by atoms with E-state index in [1.165, 1.54) is 6.92 Å². The van der Waals surface area contributed by atoms with Gasteiger partial charge in [0.05, 0.1) is 24.9 Å². The van der Waals surface area contributed by atoms with Crippen LogP contribution in [0.5, 0.6) is 0 Å². The monoisotopic (exact) mass is 687 g/mol. The van der Waals surface area contributed by atoms with Crippen molar-refractivity contribution in [2.24, 2.45) is 0 Å². The molecule has 1 heterocycles. The van der Waals surface area contributed by atoms with E-state index >= 15 is 0 Å². The Hall–Kier alpha value is -4.93. The average Bonchev–Trinajstić information content (AvgIpc) is 3.14. The molecule has 9 heteroatoms. The van der Waals surface area contributed by atoms with Gasteiger partial charge in [0.25, 0.3) is 0 Å². The molecule has 0 saturated carbocycles. The topological polar surface area (TPSA) is 123 Å². The van der Waals surface area contributed by atoms with Crippen molar-refractivity contribution in [2.45, 2.75) is 55.3 Å². The number of nitrogen functional groups attached to an aromatic ring is 1. The van der Waals surface area contributed by atoms with Crippen molar-refractivity contribution in [3.8, 4) is 0 Å². The maximum absolute atomic E-state index is 13.1. The zero-order chi connectivity index (χ0) is 34.9. The number of carbonyl (C=O) groups excluding carboxylic acids is 2. The predicted molar refractivity (Wildman–Crippen MR) is 198 cm³/mol. The molecule has 5 atom stereocenters. The van der Waals surface area contributed by atoms with E-state index in [9.17, 15) is 14.7 Å². The average molecular weight is 688 g/mol. The number of benzene rings is 5. The number of amides is 2. The van der Waals surface area contributed by atoms with Crippen LogP contribution >= 0.6 is 11.8 Å². The first kappa shape index (κ1) is 34.9. The second kappa shape index (κ2) is 16.7. The molecule has 0 bridgehead atoms. The number of nitrogens with two attached hydrogens (primary N) is 1. The van der Waals surface area contributed by atoms with E-state index in [1.807, 2.05) is 115 Å². The van der Waals surface area contributed by atoms with Gasteiger partial charge in [0.15, 0.2) is 12.1 Å². The first-order valence-electron chi connectivity index (χ1n) is 16.6. The van der Waals surface area contributed by atoms with Crippen molar-refractivity contribution in [2.75, 3.05) is 16.8 Å². The zero-order valence-corrected chi connectivity index (χ0v) is 28.6. The Bertz CT molecular complexity index is 1870. The summed E-state index contributed by atoms with van der Waals surface area (Å²) in [5.41, 5.74) is 12.1. The number of nitrogens with one attached hydrogen (secondary N) is 2. The van der Waals surface area contributed by atoms with Gasteiger partial charge in [0, 0.05) is 33.5 Å².